The number of carboxylic acids is 1. The van der Waals surface area contributed by atoms with Gasteiger partial charge in [0.2, 0.25) is 0 Å². The average Bonchev–Trinajstić information content (AvgIpc) is 3.14. The number of carboxylic acid groups (broad SMARTS) is 1. The van der Waals surface area contributed by atoms with Gasteiger partial charge in [0.15, 0.2) is 0 Å². The van der Waals surface area contributed by atoms with Crippen molar-refractivity contribution in [1.29, 1.82) is 0 Å². The van der Waals surface area contributed by atoms with Crippen LogP contribution in [-0.2, 0) is 9.53 Å². The van der Waals surface area contributed by atoms with Crippen molar-refractivity contribution in [2.45, 2.75) is 31.8 Å². The minimum absolute atomic E-state index is 0.0800. The SMILES string of the molecule is CCN(C(=O)N(CCO)C1CC1)C1COCC1C(=O)O. The van der Waals surface area contributed by atoms with Gasteiger partial charge in [-0.25, -0.2) is 4.79 Å². The van der Waals surface area contributed by atoms with E-state index in [-0.39, 0.29) is 31.9 Å². The number of ether oxygens (including phenoxy) is 1. The summed E-state index contributed by atoms with van der Waals surface area (Å²) in [6.45, 7) is 2.89. The van der Waals surface area contributed by atoms with E-state index in [2.05, 4.69) is 0 Å². The quantitative estimate of drug-likeness (QED) is 0.716. The summed E-state index contributed by atoms with van der Waals surface area (Å²) in [5, 5.41) is 18.3. The molecule has 1 heterocycles. The minimum Gasteiger partial charge on any atom is -0.481 e. The summed E-state index contributed by atoms with van der Waals surface area (Å²) >= 11 is 0. The van der Waals surface area contributed by atoms with Crippen molar-refractivity contribution in [3.05, 3.63) is 0 Å². The van der Waals surface area contributed by atoms with E-state index in [9.17, 15) is 14.7 Å². The van der Waals surface area contributed by atoms with Crippen LogP contribution in [0.15, 0.2) is 0 Å². The zero-order valence-corrected chi connectivity index (χ0v) is 11.7. The predicted octanol–water partition coefficient (Wildman–Crippen LogP) is -0.0154. The molecule has 2 unspecified atom stereocenters. The van der Waals surface area contributed by atoms with Crippen LogP contribution in [0.25, 0.3) is 0 Å². The van der Waals surface area contributed by atoms with Crippen LogP contribution >= 0.6 is 0 Å². The Morgan fingerprint density at radius 2 is 1.95 bits per heavy atom. The Kier molecular flexibility index (Phi) is 4.82. The number of aliphatic carboxylic acids is 1. The molecule has 2 amide bonds. The van der Waals surface area contributed by atoms with E-state index in [0.717, 1.165) is 12.8 Å². The number of hydrogen-bond acceptors (Lipinski definition) is 4. The third-order valence-corrected chi connectivity index (χ3v) is 3.93. The van der Waals surface area contributed by atoms with E-state index in [0.29, 0.717) is 13.1 Å². The first-order chi connectivity index (χ1) is 9.60. The second-order valence-electron chi connectivity index (χ2n) is 5.27. The summed E-state index contributed by atoms with van der Waals surface area (Å²) in [5.41, 5.74) is 0. The lowest BCUT2D eigenvalue weighted by atomic mass is 10.0. The Morgan fingerprint density at radius 1 is 1.25 bits per heavy atom. The number of carbonyl (C=O) groups is 2. The van der Waals surface area contributed by atoms with Crippen molar-refractivity contribution in [1.82, 2.24) is 9.80 Å². The standard InChI is InChI=1S/C13H22N2O5/c1-2-14(11-8-20-7-10(11)12(17)18)13(19)15(5-6-16)9-3-4-9/h9-11,16H,2-8H2,1H3,(H,17,18). The van der Waals surface area contributed by atoms with Crippen LogP contribution in [0.1, 0.15) is 19.8 Å². The lowest BCUT2D eigenvalue weighted by Gasteiger charge is -2.34. The Hall–Kier alpha value is -1.34. The number of carbonyl (C=O) groups excluding carboxylic acids is 1. The van der Waals surface area contributed by atoms with Crippen molar-refractivity contribution in [3.63, 3.8) is 0 Å². The van der Waals surface area contributed by atoms with Crippen LogP contribution in [-0.4, -0.2) is 77.0 Å². The number of nitrogens with zero attached hydrogens (tertiary/aromatic N) is 2. The van der Waals surface area contributed by atoms with Crippen LogP contribution < -0.4 is 0 Å². The molecule has 2 atom stereocenters. The Balaban J connectivity index is 2.09. The maximum absolute atomic E-state index is 12.6. The van der Waals surface area contributed by atoms with E-state index in [1.54, 1.807) is 9.80 Å². The molecule has 1 aliphatic heterocycles. The van der Waals surface area contributed by atoms with Crippen LogP contribution in [0.3, 0.4) is 0 Å². The predicted molar refractivity (Wildman–Crippen MR) is 70.3 cm³/mol. The van der Waals surface area contributed by atoms with Crippen LogP contribution in [0.2, 0.25) is 0 Å². The van der Waals surface area contributed by atoms with Gasteiger partial charge < -0.3 is 24.7 Å². The molecule has 0 aromatic heterocycles. The summed E-state index contributed by atoms with van der Waals surface area (Å²) in [5.74, 6) is -1.60. The Morgan fingerprint density at radius 3 is 2.45 bits per heavy atom. The van der Waals surface area contributed by atoms with Gasteiger partial charge in [-0.05, 0) is 19.8 Å². The van der Waals surface area contributed by atoms with Crippen molar-refractivity contribution in [3.8, 4) is 0 Å². The molecule has 2 rings (SSSR count). The van der Waals surface area contributed by atoms with Crippen molar-refractivity contribution in [2.24, 2.45) is 5.92 Å². The molecular formula is C13H22N2O5. The molecule has 1 aliphatic carbocycles. The first-order valence-corrected chi connectivity index (χ1v) is 7.08. The molecule has 20 heavy (non-hydrogen) atoms. The normalized spacial score (nSPS) is 25.5. The molecule has 2 aliphatic rings. The van der Waals surface area contributed by atoms with Gasteiger partial charge in [-0.2, -0.15) is 0 Å². The van der Waals surface area contributed by atoms with E-state index >= 15 is 0 Å². The Bertz CT molecular complexity index is 372. The summed E-state index contributed by atoms with van der Waals surface area (Å²) in [6, 6.07) is -0.426. The second-order valence-corrected chi connectivity index (χ2v) is 5.27. The highest BCUT2D eigenvalue weighted by molar-refractivity contribution is 5.78. The molecular weight excluding hydrogens is 264 g/mol. The van der Waals surface area contributed by atoms with E-state index in [1.807, 2.05) is 6.92 Å². The number of aliphatic hydroxyl groups excluding tert-OH is 1. The lowest BCUT2D eigenvalue weighted by molar-refractivity contribution is -0.142. The smallest absolute Gasteiger partial charge is 0.320 e. The summed E-state index contributed by atoms with van der Waals surface area (Å²) in [7, 11) is 0. The number of amides is 2. The lowest BCUT2D eigenvalue weighted by Crippen LogP contribution is -2.53. The van der Waals surface area contributed by atoms with Gasteiger partial charge in [0.1, 0.15) is 5.92 Å². The molecule has 114 valence electrons. The molecule has 7 heteroatoms. The third-order valence-electron chi connectivity index (χ3n) is 3.93. The highest BCUT2D eigenvalue weighted by Gasteiger charge is 2.42. The number of aliphatic hydroxyl groups is 1. The van der Waals surface area contributed by atoms with Crippen LogP contribution in [0, 0.1) is 5.92 Å². The first-order valence-electron chi connectivity index (χ1n) is 7.08. The molecule has 1 saturated heterocycles. The number of hydrogen-bond donors (Lipinski definition) is 2. The molecule has 0 radical (unpaired) electrons. The molecule has 2 N–H and O–H groups in total. The first kappa shape index (κ1) is 15.1. The molecule has 0 spiro atoms. The maximum Gasteiger partial charge on any atom is 0.320 e. The monoisotopic (exact) mass is 286 g/mol. The summed E-state index contributed by atoms with van der Waals surface area (Å²) in [6.07, 6.45) is 1.90. The van der Waals surface area contributed by atoms with E-state index in [1.165, 1.54) is 0 Å². The number of likely N-dealkylation sites (N-methyl/N-ethyl adjacent to an activating group) is 1. The van der Waals surface area contributed by atoms with Gasteiger partial charge >= 0.3 is 12.0 Å². The maximum atomic E-state index is 12.6. The third kappa shape index (κ3) is 3.04. The molecule has 0 aromatic carbocycles. The average molecular weight is 286 g/mol. The zero-order chi connectivity index (χ0) is 14.7. The van der Waals surface area contributed by atoms with Crippen LogP contribution in [0.5, 0.6) is 0 Å². The molecule has 0 bridgehead atoms. The molecule has 2 fully saturated rings. The second kappa shape index (κ2) is 6.41. The largest absolute Gasteiger partial charge is 0.481 e. The van der Waals surface area contributed by atoms with Gasteiger partial charge in [0.25, 0.3) is 0 Å². The minimum atomic E-state index is -0.932. The van der Waals surface area contributed by atoms with Crippen molar-refractivity contribution < 1.29 is 24.5 Å². The fraction of sp³-hybridized carbons (Fsp3) is 0.846. The van der Waals surface area contributed by atoms with Crippen molar-refractivity contribution >= 4 is 12.0 Å². The number of urea groups is 1. The zero-order valence-electron chi connectivity index (χ0n) is 11.7. The summed E-state index contributed by atoms with van der Waals surface area (Å²) in [4.78, 5) is 27.0. The van der Waals surface area contributed by atoms with Crippen molar-refractivity contribution in [2.75, 3.05) is 32.9 Å². The molecule has 1 saturated carbocycles. The highest BCUT2D eigenvalue weighted by atomic mass is 16.5. The van der Waals surface area contributed by atoms with Gasteiger partial charge in [0.05, 0.1) is 25.9 Å². The van der Waals surface area contributed by atoms with Gasteiger partial charge in [0, 0.05) is 19.1 Å². The number of rotatable bonds is 6. The van der Waals surface area contributed by atoms with Gasteiger partial charge in [-0.1, -0.05) is 0 Å². The summed E-state index contributed by atoms with van der Waals surface area (Å²) < 4.78 is 5.24. The Labute approximate surface area is 118 Å². The van der Waals surface area contributed by atoms with Gasteiger partial charge in [-0.3, -0.25) is 4.79 Å². The fourth-order valence-corrected chi connectivity index (χ4v) is 2.69. The topological polar surface area (TPSA) is 90.3 Å². The highest BCUT2D eigenvalue weighted by Crippen LogP contribution is 2.29. The van der Waals surface area contributed by atoms with E-state index < -0.39 is 17.9 Å². The van der Waals surface area contributed by atoms with E-state index in [4.69, 9.17) is 9.84 Å². The van der Waals surface area contributed by atoms with Crippen LogP contribution in [0.4, 0.5) is 4.79 Å². The fourth-order valence-electron chi connectivity index (χ4n) is 2.69. The molecule has 7 nitrogen and oxygen atoms in total. The van der Waals surface area contributed by atoms with Gasteiger partial charge in [-0.15, -0.1) is 0 Å². The molecule has 0 aromatic rings.